The minimum atomic E-state index is -0.175. The van der Waals surface area contributed by atoms with Gasteiger partial charge in [0.2, 0.25) is 0 Å². The molecule has 140 valence electrons. The van der Waals surface area contributed by atoms with E-state index in [1.165, 1.54) is 5.56 Å². The van der Waals surface area contributed by atoms with E-state index >= 15 is 0 Å². The molecule has 1 amide bonds. The van der Waals surface area contributed by atoms with Crippen molar-refractivity contribution in [3.05, 3.63) is 69.3 Å². The molecule has 27 heavy (non-hydrogen) atoms. The normalized spacial score (nSPS) is 16.1. The van der Waals surface area contributed by atoms with Crippen molar-refractivity contribution in [1.82, 2.24) is 4.90 Å². The first-order valence-corrected chi connectivity index (χ1v) is 9.66. The Bertz CT molecular complexity index is 961. The predicted molar refractivity (Wildman–Crippen MR) is 104 cm³/mol. The maximum absolute atomic E-state index is 13.2. The first kappa shape index (κ1) is 17.7. The number of carbonyl (C=O) groups is 1. The molecule has 6 heteroatoms. The predicted octanol–water partition coefficient (Wildman–Crippen LogP) is 4.45. The number of rotatable bonds is 4. The molecule has 0 aliphatic carbocycles. The minimum absolute atomic E-state index is 0.0954. The third-order valence-electron chi connectivity index (χ3n) is 4.90. The quantitative estimate of drug-likeness (QED) is 0.668. The van der Waals surface area contributed by atoms with Crippen LogP contribution in [0.4, 0.5) is 0 Å². The van der Waals surface area contributed by atoms with E-state index in [0.717, 1.165) is 22.6 Å². The Morgan fingerprint density at radius 2 is 1.96 bits per heavy atom. The summed E-state index contributed by atoms with van der Waals surface area (Å²) in [6, 6.07) is 11.5. The second-order valence-corrected chi connectivity index (χ2v) is 7.46. The second kappa shape index (κ2) is 7.12. The summed E-state index contributed by atoms with van der Waals surface area (Å²) >= 11 is 1.64. The lowest BCUT2D eigenvalue weighted by Crippen LogP contribution is -2.40. The third kappa shape index (κ3) is 3.10. The molecule has 3 aromatic rings. The number of thiophene rings is 1. The molecule has 1 atom stereocenters. The lowest BCUT2D eigenvalue weighted by atomic mass is 9.90. The van der Waals surface area contributed by atoms with E-state index in [1.54, 1.807) is 31.6 Å². The van der Waals surface area contributed by atoms with Crippen LogP contribution in [0.3, 0.4) is 0 Å². The van der Waals surface area contributed by atoms with Crippen LogP contribution in [-0.4, -0.2) is 31.6 Å². The van der Waals surface area contributed by atoms with Crippen LogP contribution in [0.25, 0.3) is 0 Å². The fourth-order valence-electron chi connectivity index (χ4n) is 3.61. The van der Waals surface area contributed by atoms with Crippen molar-refractivity contribution in [2.45, 2.75) is 19.4 Å². The zero-order valence-electron chi connectivity index (χ0n) is 15.5. The number of fused-ring (bicyclic) bond motifs is 1. The van der Waals surface area contributed by atoms with E-state index in [9.17, 15) is 4.79 Å². The van der Waals surface area contributed by atoms with Gasteiger partial charge in [-0.15, -0.1) is 11.3 Å². The van der Waals surface area contributed by atoms with E-state index < -0.39 is 0 Å². The number of methoxy groups -OCH3 is 2. The van der Waals surface area contributed by atoms with Crippen molar-refractivity contribution in [2.75, 3.05) is 20.8 Å². The van der Waals surface area contributed by atoms with Gasteiger partial charge in [0, 0.05) is 11.4 Å². The summed E-state index contributed by atoms with van der Waals surface area (Å²) in [6.07, 6.45) is 0.753. The van der Waals surface area contributed by atoms with Gasteiger partial charge in [0.05, 0.1) is 20.3 Å². The smallest absolute Gasteiger partial charge is 0.290 e. The maximum Gasteiger partial charge on any atom is 0.290 e. The maximum atomic E-state index is 13.2. The Kier molecular flexibility index (Phi) is 4.66. The third-order valence-corrected chi connectivity index (χ3v) is 5.82. The highest BCUT2D eigenvalue weighted by Gasteiger charge is 2.35. The summed E-state index contributed by atoms with van der Waals surface area (Å²) in [5.74, 6) is 2.39. The van der Waals surface area contributed by atoms with E-state index in [-0.39, 0.29) is 11.9 Å². The Hall–Kier alpha value is -2.73. The molecule has 0 bridgehead atoms. The topological polar surface area (TPSA) is 51.9 Å². The number of benzene rings is 1. The highest BCUT2D eigenvalue weighted by Crippen LogP contribution is 2.42. The zero-order valence-corrected chi connectivity index (χ0v) is 16.3. The van der Waals surface area contributed by atoms with Gasteiger partial charge in [0.15, 0.2) is 17.3 Å². The van der Waals surface area contributed by atoms with Gasteiger partial charge in [0.25, 0.3) is 5.91 Å². The number of ether oxygens (including phenoxy) is 2. The lowest BCUT2D eigenvalue weighted by Gasteiger charge is -2.37. The van der Waals surface area contributed by atoms with Crippen molar-refractivity contribution in [3.8, 4) is 11.5 Å². The van der Waals surface area contributed by atoms with Gasteiger partial charge in [0.1, 0.15) is 5.76 Å². The SMILES string of the molecule is COc1cc2c(cc1OC)C(c1cccs1)N(C(=O)c1ccc(C)o1)CC2. The van der Waals surface area contributed by atoms with Gasteiger partial charge >= 0.3 is 0 Å². The Balaban J connectivity index is 1.82. The van der Waals surface area contributed by atoms with Gasteiger partial charge in [-0.05, 0) is 60.2 Å². The Morgan fingerprint density at radius 1 is 1.19 bits per heavy atom. The van der Waals surface area contributed by atoms with Crippen LogP contribution in [0, 0.1) is 6.92 Å². The number of hydrogen-bond donors (Lipinski definition) is 0. The highest BCUT2D eigenvalue weighted by atomic mass is 32.1. The number of amides is 1. The highest BCUT2D eigenvalue weighted by molar-refractivity contribution is 7.10. The zero-order chi connectivity index (χ0) is 19.0. The van der Waals surface area contributed by atoms with Gasteiger partial charge in [-0.25, -0.2) is 0 Å². The molecule has 5 nitrogen and oxygen atoms in total. The summed E-state index contributed by atoms with van der Waals surface area (Å²) in [5.41, 5.74) is 2.24. The van der Waals surface area contributed by atoms with E-state index in [4.69, 9.17) is 13.9 Å². The van der Waals surface area contributed by atoms with Gasteiger partial charge in [-0.3, -0.25) is 4.79 Å². The first-order valence-electron chi connectivity index (χ1n) is 8.78. The number of aryl methyl sites for hydroxylation is 1. The van der Waals surface area contributed by atoms with Crippen molar-refractivity contribution in [2.24, 2.45) is 0 Å². The van der Waals surface area contributed by atoms with Crippen molar-refractivity contribution in [3.63, 3.8) is 0 Å². The van der Waals surface area contributed by atoms with Crippen LogP contribution in [0.2, 0.25) is 0 Å². The Labute approximate surface area is 162 Å². The fourth-order valence-corrected chi connectivity index (χ4v) is 4.46. The van der Waals surface area contributed by atoms with Crippen LogP contribution in [0.5, 0.6) is 11.5 Å². The van der Waals surface area contributed by atoms with Crippen LogP contribution in [0.1, 0.15) is 38.4 Å². The number of carbonyl (C=O) groups excluding carboxylic acids is 1. The number of nitrogens with zero attached hydrogens (tertiary/aromatic N) is 1. The molecule has 1 aliphatic rings. The summed E-state index contributed by atoms with van der Waals surface area (Å²) in [5, 5.41) is 2.03. The summed E-state index contributed by atoms with van der Waals surface area (Å²) < 4.78 is 16.6. The minimum Gasteiger partial charge on any atom is -0.493 e. The molecule has 0 spiro atoms. The first-order chi connectivity index (χ1) is 13.1. The number of hydrogen-bond acceptors (Lipinski definition) is 5. The number of furan rings is 1. The summed E-state index contributed by atoms with van der Waals surface area (Å²) in [6.45, 7) is 2.46. The average molecular weight is 383 g/mol. The van der Waals surface area contributed by atoms with Crippen LogP contribution in [-0.2, 0) is 6.42 Å². The van der Waals surface area contributed by atoms with Crippen LogP contribution in [0.15, 0.2) is 46.2 Å². The molecular weight excluding hydrogens is 362 g/mol. The van der Waals surface area contributed by atoms with Crippen molar-refractivity contribution in [1.29, 1.82) is 0 Å². The molecule has 1 unspecified atom stereocenters. The van der Waals surface area contributed by atoms with Gasteiger partial charge < -0.3 is 18.8 Å². The molecular formula is C21H21NO4S. The molecule has 0 saturated carbocycles. The molecule has 0 radical (unpaired) electrons. The van der Waals surface area contributed by atoms with Crippen LogP contribution < -0.4 is 9.47 Å². The monoisotopic (exact) mass is 383 g/mol. The molecule has 1 aromatic carbocycles. The summed E-state index contributed by atoms with van der Waals surface area (Å²) in [7, 11) is 3.26. The van der Waals surface area contributed by atoms with Crippen LogP contribution >= 0.6 is 11.3 Å². The van der Waals surface area contributed by atoms with E-state index in [2.05, 4.69) is 6.07 Å². The molecule has 0 saturated heterocycles. The van der Waals surface area contributed by atoms with E-state index in [1.807, 2.05) is 41.5 Å². The Morgan fingerprint density at radius 3 is 2.59 bits per heavy atom. The van der Waals surface area contributed by atoms with Crippen molar-refractivity contribution < 1.29 is 18.7 Å². The second-order valence-electron chi connectivity index (χ2n) is 6.48. The molecule has 4 rings (SSSR count). The largest absolute Gasteiger partial charge is 0.493 e. The molecule has 3 heterocycles. The molecule has 0 N–H and O–H groups in total. The van der Waals surface area contributed by atoms with Gasteiger partial charge in [-0.1, -0.05) is 6.07 Å². The molecule has 0 fully saturated rings. The summed E-state index contributed by atoms with van der Waals surface area (Å²) in [4.78, 5) is 16.2. The fraction of sp³-hybridized carbons (Fsp3) is 0.286. The molecule has 1 aliphatic heterocycles. The lowest BCUT2D eigenvalue weighted by molar-refractivity contribution is 0.0663. The van der Waals surface area contributed by atoms with E-state index in [0.29, 0.717) is 23.8 Å². The standard InChI is InChI=1S/C21H21NO4S/c1-13-6-7-16(26-13)21(23)22-9-8-14-11-17(24-2)18(25-3)12-15(14)20(22)19-5-4-10-27-19/h4-7,10-12,20H,8-9H2,1-3H3. The average Bonchev–Trinajstić information content (AvgIpc) is 3.37. The van der Waals surface area contributed by atoms with Crippen molar-refractivity contribution >= 4 is 17.2 Å². The van der Waals surface area contributed by atoms with Gasteiger partial charge in [-0.2, -0.15) is 0 Å². The molecule has 2 aromatic heterocycles.